The molecule has 0 aliphatic heterocycles. The maximum Gasteiger partial charge on any atom is 0.230 e. The third-order valence-electron chi connectivity index (χ3n) is 3.46. The van der Waals surface area contributed by atoms with Crippen LogP contribution in [0.3, 0.4) is 0 Å². The number of aryl methyl sites for hydroxylation is 1. The van der Waals surface area contributed by atoms with Gasteiger partial charge < -0.3 is 10.3 Å². The normalized spacial score (nSPS) is 10.8. The fourth-order valence-corrected chi connectivity index (χ4v) is 3.63. The van der Waals surface area contributed by atoms with E-state index in [4.69, 9.17) is 0 Å². The second kappa shape index (κ2) is 7.63. The van der Waals surface area contributed by atoms with E-state index >= 15 is 0 Å². The molecule has 3 rings (SSSR count). The molecule has 1 amide bonds. The number of thiophene rings is 1. The number of thioether (sulfide) groups is 1. The highest BCUT2D eigenvalue weighted by atomic mass is 32.2. The number of hydrogen-bond donors (Lipinski definition) is 2. The third kappa shape index (κ3) is 4.24. The van der Waals surface area contributed by atoms with Gasteiger partial charge in [0, 0.05) is 4.88 Å². The van der Waals surface area contributed by atoms with E-state index in [9.17, 15) is 9.18 Å². The maximum atomic E-state index is 12.9. The van der Waals surface area contributed by atoms with Gasteiger partial charge in [-0.2, -0.15) is 0 Å². The third-order valence-corrected chi connectivity index (χ3v) is 5.37. The van der Waals surface area contributed by atoms with E-state index in [2.05, 4.69) is 15.3 Å². The van der Waals surface area contributed by atoms with E-state index in [1.165, 1.54) is 34.3 Å². The topological polar surface area (TPSA) is 57.8 Å². The maximum absolute atomic E-state index is 12.9. The van der Waals surface area contributed by atoms with Crippen molar-refractivity contribution in [2.24, 2.45) is 0 Å². The molecule has 0 spiro atoms. The molecule has 2 heterocycles. The van der Waals surface area contributed by atoms with E-state index in [-0.39, 0.29) is 11.7 Å². The summed E-state index contributed by atoms with van der Waals surface area (Å²) in [4.78, 5) is 20.5. The Morgan fingerprint density at radius 3 is 2.83 bits per heavy atom. The zero-order valence-corrected chi connectivity index (χ0v) is 14.6. The minimum atomic E-state index is -0.273. The fourth-order valence-electron chi connectivity index (χ4n) is 2.10. The van der Waals surface area contributed by atoms with Crippen molar-refractivity contribution < 1.29 is 9.18 Å². The predicted molar refractivity (Wildman–Crippen MR) is 95.6 cm³/mol. The zero-order chi connectivity index (χ0) is 16.9. The molecule has 4 nitrogen and oxygen atoms in total. The van der Waals surface area contributed by atoms with Gasteiger partial charge in [0.25, 0.3) is 0 Å². The molecule has 24 heavy (non-hydrogen) atoms. The lowest BCUT2D eigenvalue weighted by atomic mass is 10.2. The second-order valence-corrected chi connectivity index (χ2v) is 7.17. The number of amides is 1. The molecule has 1 aromatic carbocycles. The standard InChI is InChI=1S/C17H16FN3OS2/c1-11-6-7-23-15(11)9-19-16(22)10-24-17-20-8-14(21-17)12-2-4-13(18)5-3-12/h2-8H,9-10H2,1H3,(H,19,22)(H,20,21). The van der Waals surface area contributed by atoms with Crippen molar-refractivity contribution in [2.45, 2.75) is 18.6 Å². The number of carbonyl (C=O) groups excluding carboxylic acids is 1. The highest BCUT2D eigenvalue weighted by molar-refractivity contribution is 7.99. The van der Waals surface area contributed by atoms with Crippen molar-refractivity contribution in [1.29, 1.82) is 0 Å². The molecule has 0 unspecified atom stereocenters. The van der Waals surface area contributed by atoms with Crippen LogP contribution in [0.4, 0.5) is 4.39 Å². The summed E-state index contributed by atoms with van der Waals surface area (Å²) in [5.74, 6) is -0.0149. The highest BCUT2D eigenvalue weighted by Crippen LogP contribution is 2.21. The first-order chi connectivity index (χ1) is 11.6. The van der Waals surface area contributed by atoms with Gasteiger partial charge in [-0.3, -0.25) is 4.79 Å². The monoisotopic (exact) mass is 361 g/mol. The molecule has 0 radical (unpaired) electrons. The molecule has 0 bridgehead atoms. The fraction of sp³-hybridized carbons (Fsp3) is 0.176. The molecule has 0 saturated carbocycles. The molecule has 0 saturated heterocycles. The Bertz CT molecular complexity index is 826. The lowest BCUT2D eigenvalue weighted by Gasteiger charge is -2.03. The predicted octanol–water partition coefficient (Wildman–Crippen LogP) is 3.99. The Labute approximate surface area is 147 Å². The Balaban J connectivity index is 1.51. The van der Waals surface area contributed by atoms with Gasteiger partial charge in [0.1, 0.15) is 5.82 Å². The second-order valence-electron chi connectivity index (χ2n) is 5.20. The summed E-state index contributed by atoms with van der Waals surface area (Å²) in [6.07, 6.45) is 1.68. The number of aromatic nitrogens is 2. The highest BCUT2D eigenvalue weighted by Gasteiger charge is 2.08. The molecule has 2 N–H and O–H groups in total. The van der Waals surface area contributed by atoms with Gasteiger partial charge in [-0.1, -0.05) is 11.8 Å². The summed E-state index contributed by atoms with van der Waals surface area (Å²) in [6, 6.07) is 8.23. The summed E-state index contributed by atoms with van der Waals surface area (Å²) in [7, 11) is 0. The van der Waals surface area contributed by atoms with Gasteiger partial charge >= 0.3 is 0 Å². The number of rotatable bonds is 6. The average molecular weight is 361 g/mol. The van der Waals surface area contributed by atoms with Crippen LogP contribution in [0.5, 0.6) is 0 Å². The van der Waals surface area contributed by atoms with Crippen LogP contribution in [0, 0.1) is 12.7 Å². The van der Waals surface area contributed by atoms with Gasteiger partial charge in [-0.25, -0.2) is 9.37 Å². The van der Waals surface area contributed by atoms with Gasteiger partial charge in [-0.05, 0) is 53.8 Å². The number of carbonyl (C=O) groups is 1. The number of H-pyrrole nitrogens is 1. The molecule has 0 atom stereocenters. The lowest BCUT2D eigenvalue weighted by molar-refractivity contribution is -0.118. The van der Waals surface area contributed by atoms with Crippen molar-refractivity contribution in [3.05, 3.63) is 58.2 Å². The van der Waals surface area contributed by atoms with Crippen LogP contribution >= 0.6 is 23.1 Å². The first kappa shape index (κ1) is 16.7. The summed E-state index contributed by atoms with van der Waals surface area (Å²) in [6.45, 7) is 2.59. The molecule has 0 fully saturated rings. The summed E-state index contributed by atoms with van der Waals surface area (Å²) in [5.41, 5.74) is 2.85. The number of hydrogen-bond acceptors (Lipinski definition) is 4. The number of nitrogens with zero attached hydrogens (tertiary/aromatic N) is 1. The van der Waals surface area contributed by atoms with Crippen molar-refractivity contribution in [3.8, 4) is 11.3 Å². The van der Waals surface area contributed by atoms with Gasteiger partial charge in [-0.15, -0.1) is 11.3 Å². The van der Waals surface area contributed by atoms with Crippen LogP contribution in [0.2, 0.25) is 0 Å². The number of benzene rings is 1. The Morgan fingerprint density at radius 2 is 2.12 bits per heavy atom. The van der Waals surface area contributed by atoms with Crippen LogP contribution in [-0.4, -0.2) is 21.6 Å². The average Bonchev–Trinajstić information content (AvgIpc) is 3.21. The summed E-state index contributed by atoms with van der Waals surface area (Å²) >= 11 is 2.98. The first-order valence-corrected chi connectivity index (χ1v) is 9.22. The lowest BCUT2D eigenvalue weighted by Crippen LogP contribution is -2.24. The van der Waals surface area contributed by atoms with Crippen LogP contribution in [0.1, 0.15) is 10.4 Å². The Kier molecular flexibility index (Phi) is 5.32. The van der Waals surface area contributed by atoms with E-state index < -0.39 is 0 Å². The summed E-state index contributed by atoms with van der Waals surface area (Å²) in [5, 5.41) is 5.59. The molecule has 2 aromatic heterocycles. The molecular weight excluding hydrogens is 345 g/mol. The van der Waals surface area contributed by atoms with Crippen molar-refractivity contribution in [3.63, 3.8) is 0 Å². The first-order valence-electron chi connectivity index (χ1n) is 7.35. The Morgan fingerprint density at radius 1 is 1.33 bits per heavy atom. The summed E-state index contributed by atoms with van der Waals surface area (Å²) < 4.78 is 12.9. The SMILES string of the molecule is Cc1ccsc1CNC(=O)CSc1ncc(-c2ccc(F)cc2)[nH]1. The van der Waals surface area contributed by atoms with Crippen LogP contribution in [-0.2, 0) is 11.3 Å². The quantitative estimate of drug-likeness (QED) is 0.653. The molecule has 124 valence electrons. The van der Waals surface area contributed by atoms with E-state index in [1.807, 2.05) is 18.4 Å². The number of halogens is 1. The number of imidazole rings is 1. The van der Waals surface area contributed by atoms with Gasteiger partial charge in [0.2, 0.25) is 5.91 Å². The van der Waals surface area contributed by atoms with Crippen molar-refractivity contribution in [1.82, 2.24) is 15.3 Å². The smallest absolute Gasteiger partial charge is 0.230 e. The van der Waals surface area contributed by atoms with Crippen molar-refractivity contribution in [2.75, 3.05) is 5.75 Å². The zero-order valence-electron chi connectivity index (χ0n) is 13.0. The number of aromatic amines is 1. The van der Waals surface area contributed by atoms with Crippen LogP contribution in [0.25, 0.3) is 11.3 Å². The molecule has 0 aliphatic rings. The minimum absolute atomic E-state index is 0.0347. The van der Waals surface area contributed by atoms with Crippen LogP contribution in [0.15, 0.2) is 47.1 Å². The van der Waals surface area contributed by atoms with E-state index in [1.54, 1.807) is 29.7 Å². The molecule has 0 aliphatic carbocycles. The van der Waals surface area contributed by atoms with Gasteiger partial charge in [0.15, 0.2) is 5.16 Å². The molecule has 3 aromatic rings. The Hall–Kier alpha value is -2.12. The molecule has 7 heteroatoms. The molecular formula is C17H16FN3OS2. The van der Waals surface area contributed by atoms with E-state index in [0.29, 0.717) is 17.5 Å². The van der Waals surface area contributed by atoms with Crippen LogP contribution < -0.4 is 5.32 Å². The van der Waals surface area contributed by atoms with Gasteiger partial charge in [0.05, 0.1) is 24.2 Å². The van der Waals surface area contributed by atoms with Crippen molar-refractivity contribution >= 4 is 29.0 Å². The minimum Gasteiger partial charge on any atom is -0.350 e. The number of nitrogens with one attached hydrogen (secondary N) is 2. The largest absolute Gasteiger partial charge is 0.350 e. The van der Waals surface area contributed by atoms with E-state index in [0.717, 1.165) is 11.3 Å².